The molecule has 53 heavy (non-hydrogen) atoms. The third-order valence-electron chi connectivity index (χ3n) is 8.72. The molecule has 0 saturated heterocycles. The first-order chi connectivity index (χ1) is 25.8. The maximum absolute atomic E-state index is 12.9. The summed E-state index contributed by atoms with van der Waals surface area (Å²) in [6.45, 7) is 6.14. The molecule has 8 nitrogen and oxygen atoms in total. The molecular weight excluding hydrogens is 701 g/mol. The van der Waals surface area contributed by atoms with Gasteiger partial charge in [0, 0.05) is 35.0 Å². The van der Waals surface area contributed by atoms with Gasteiger partial charge in [0.15, 0.2) is 10.3 Å². The van der Waals surface area contributed by atoms with Gasteiger partial charge in [0.25, 0.3) is 0 Å². The standard InChI is InChI=1S/C22H24N2O2S.C21H22N2O2S/c1-15(2)20(16-9-5-4-6-10-16)21(25)24-22-23-14-18(27-22)13-17-11-7-8-12-19(17)26-3;1-3-18(15-9-5-4-6-10-15)20(24)23-21-22-14-17(26-21)13-16-11-7-8-12-19(16)25-2/h4-12,14-15,20H,13H2,1-3H3,(H,23,24,25);4-12,14,18H,3,13H2,1-2H3,(H,22,23,24). The van der Waals surface area contributed by atoms with Gasteiger partial charge in [-0.15, -0.1) is 22.7 Å². The van der Waals surface area contributed by atoms with Crippen LogP contribution in [0.2, 0.25) is 0 Å². The Kier molecular flexibility index (Phi) is 14.3. The molecule has 0 aliphatic heterocycles. The molecule has 0 bridgehead atoms. The number of ether oxygens (including phenoxy) is 2. The number of methoxy groups -OCH3 is 2. The van der Waals surface area contributed by atoms with Gasteiger partial charge in [0.2, 0.25) is 11.8 Å². The second-order valence-corrected chi connectivity index (χ2v) is 15.0. The highest BCUT2D eigenvalue weighted by Crippen LogP contribution is 2.30. The molecule has 6 rings (SSSR count). The van der Waals surface area contributed by atoms with Crippen molar-refractivity contribution in [3.63, 3.8) is 0 Å². The highest BCUT2D eigenvalue weighted by Gasteiger charge is 2.25. The topological polar surface area (TPSA) is 102 Å². The Hall–Kier alpha value is -5.32. The smallest absolute Gasteiger partial charge is 0.233 e. The fourth-order valence-electron chi connectivity index (χ4n) is 6.10. The van der Waals surface area contributed by atoms with Gasteiger partial charge in [-0.1, -0.05) is 118 Å². The molecule has 0 saturated carbocycles. The molecule has 0 aliphatic rings. The second kappa shape index (κ2) is 19.5. The number of hydrogen-bond donors (Lipinski definition) is 2. The van der Waals surface area contributed by atoms with E-state index in [9.17, 15) is 9.59 Å². The van der Waals surface area contributed by atoms with Crippen LogP contribution in [0.5, 0.6) is 11.5 Å². The number of nitrogens with zero attached hydrogens (tertiary/aromatic N) is 2. The minimum Gasteiger partial charge on any atom is -0.496 e. The van der Waals surface area contributed by atoms with E-state index in [0.717, 1.165) is 62.8 Å². The number of hydrogen-bond acceptors (Lipinski definition) is 8. The van der Waals surface area contributed by atoms with Crippen molar-refractivity contribution in [3.05, 3.63) is 154 Å². The molecule has 274 valence electrons. The third kappa shape index (κ3) is 10.8. The van der Waals surface area contributed by atoms with Gasteiger partial charge in [0.05, 0.1) is 26.1 Å². The lowest BCUT2D eigenvalue weighted by Crippen LogP contribution is -2.25. The molecule has 10 heteroatoms. The van der Waals surface area contributed by atoms with E-state index in [1.807, 2.05) is 129 Å². The largest absolute Gasteiger partial charge is 0.496 e. The Bertz CT molecular complexity index is 2050. The number of amides is 2. The lowest BCUT2D eigenvalue weighted by atomic mass is 9.88. The van der Waals surface area contributed by atoms with Crippen LogP contribution in [0.4, 0.5) is 10.3 Å². The first-order valence-corrected chi connectivity index (χ1v) is 19.3. The van der Waals surface area contributed by atoms with E-state index in [1.54, 1.807) is 14.2 Å². The summed E-state index contributed by atoms with van der Waals surface area (Å²) in [6, 6.07) is 35.6. The normalized spacial score (nSPS) is 11.9. The first kappa shape index (κ1) is 38.9. The maximum atomic E-state index is 12.9. The van der Waals surface area contributed by atoms with Crippen LogP contribution >= 0.6 is 22.7 Å². The van der Waals surface area contributed by atoms with Crippen molar-refractivity contribution in [2.24, 2.45) is 5.92 Å². The fraction of sp³-hybridized carbons (Fsp3) is 0.256. The van der Waals surface area contributed by atoms with Crippen LogP contribution < -0.4 is 20.1 Å². The molecule has 6 aromatic rings. The highest BCUT2D eigenvalue weighted by atomic mass is 32.1. The van der Waals surface area contributed by atoms with Crippen LogP contribution in [0.3, 0.4) is 0 Å². The molecule has 0 aliphatic carbocycles. The zero-order valence-electron chi connectivity index (χ0n) is 30.7. The van der Waals surface area contributed by atoms with Gasteiger partial charge in [-0.05, 0) is 46.7 Å². The summed E-state index contributed by atoms with van der Waals surface area (Å²) < 4.78 is 10.8. The summed E-state index contributed by atoms with van der Waals surface area (Å²) in [7, 11) is 3.35. The van der Waals surface area contributed by atoms with Gasteiger partial charge in [-0.3, -0.25) is 9.59 Å². The van der Waals surface area contributed by atoms with Crippen molar-refractivity contribution in [1.82, 2.24) is 9.97 Å². The lowest BCUT2D eigenvalue weighted by molar-refractivity contribution is -0.119. The van der Waals surface area contributed by atoms with Crippen LogP contribution in [0.25, 0.3) is 0 Å². The number of thiazole rings is 2. The average molecular weight is 747 g/mol. The predicted octanol–water partition coefficient (Wildman–Crippen LogP) is 10.00. The van der Waals surface area contributed by atoms with Crippen LogP contribution in [0, 0.1) is 5.92 Å². The van der Waals surface area contributed by atoms with Crippen molar-refractivity contribution in [1.29, 1.82) is 0 Å². The number of nitrogens with one attached hydrogen (secondary N) is 2. The van der Waals surface area contributed by atoms with E-state index in [4.69, 9.17) is 9.47 Å². The number of carbonyl (C=O) groups is 2. The molecule has 2 aromatic heterocycles. The monoisotopic (exact) mass is 746 g/mol. The summed E-state index contributed by atoms with van der Waals surface area (Å²) in [6.07, 6.45) is 5.84. The predicted molar refractivity (Wildman–Crippen MR) is 217 cm³/mol. The molecule has 2 unspecified atom stereocenters. The van der Waals surface area contributed by atoms with Crippen molar-refractivity contribution in [2.45, 2.75) is 51.9 Å². The van der Waals surface area contributed by atoms with Crippen LogP contribution in [0.15, 0.2) is 122 Å². The van der Waals surface area contributed by atoms with Crippen molar-refractivity contribution in [3.8, 4) is 11.5 Å². The fourth-order valence-corrected chi connectivity index (χ4v) is 7.78. The second-order valence-electron chi connectivity index (χ2n) is 12.7. The Morgan fingerprint density at radius 2 is 1.06 bits per heavy atom. The van der Waals surface area contributed by atoms with Crippen molar-refractivity contribution >= 4 is 44.8 Å². The van der Waals surface area contributed by atoms with E-state index >= 15 is 0 Å². The summed E-state index contributed by atoms with van der Waals surface area (Å²) in [5.74, 6) is 1.51. The quantitative estimate of drug-likeness (QED) is 0.115. The van der Waals surface area contributed by atoms with E-state index in [1.165, 1.54) is 22.7 Å². The molecule has 4 aromatic carbocycles. The Labute approximate surface area is 320 Å². The third-order valence-corrected chi connectivity index (χ3v) is 10.5. The number of anilines is 2. The van der Waals surface area contributed by atoms with Crippen LogP contribution in [0.1, 0.15) is 71.0 Å². The Morgan fingerprint density at radius 1 is 0.623 bits per heavy atom. The zero-order chi connectivity index (χ0) is 37.6. The molecule has 0 fully saturated rings. The van der Waals surface area contributed by atoms with E-state index in [2.05, 4.69) is 34.4 Å². The average Bonchev–Trinajstić information content (AvgIpc) is 3.81. The first-order valence-electron chi connectivity index (χ1n) is 17.6. The molecule has 0 spiro atoms. The number of rotatable bonds is 14. The molecule has 2 heterocycles. The van der Waals surface area contributed by atoms with E-state index < -0.39 is 0 Å². The molecular formula is C43H46N4O4S2. The van der Waals surface area contributed by atoms with Gasteiger partial charge in [0.1, 0.15) is 11.5 Å². The van der Waals surface area contributed by atoms with Gasteiger partial charge in [-0.2, -0.15) is 0 Å². The Morgan fingerprint density at radius 3 is 1.51 bits per heavy atom. The van der Waals surface area contributed by atoms with Gasteiger partial charge in [-0.25, -0.2) is 9.97 Å². The van der Waals surface area contributed by atoms with Gasteiger partial charge < -0.3 is 20.1 Å². The Balaban J connectivity index is 0.000000204. The highest BCUT2D eigenvalue weighted by molar-refractivity contribution is 7.16. The minimum atomic E-state index is -0.201. The minimum absolute atomic E-state index is 0.0168. The van der Waals surface area contributed by atoms with Crippen molar-refractivity contribution < 1.29 is 19.1 Å². The van der Waals surface area contributed by atoms with Crippen LogP contribution in [-0.2, 0) is 22.4 Å². The number of benzene rings is 4. The molecule has 2 N–H and O–H groups in total. The summed E-state index contributed by atoms with van der Waals surface area (Å²) in [4.78, 5) is 36.4. The number of carbonyl (C=O) groups excluding carboxylic acids is 2. The zero-order valence-corrected chi connectivity index (χ0v) is 32.4. The molecule has 2 atom stereocenters. The summed E-state index contributed by atoms with van der Waals surface area (Å²) in [5, 5.41) is 7.22. The molecule has 0 radical (unpaired) electrons. The van der Waals surface area contributed by atoms with Crippen molar-refractivity contribution in [2.75, 3.05) is 24.9 Å². The number of para-hydroxylation sites is 2. The molecule has 2 amide bonds. The maximum Gasteiger partial charge on any atom is 0.233 e. The van der Waals surface area contributed by atoms with E-state index in [-0.39, 0.29) is 29.6 Å². The number of aromatic nitrogens is 2. The van der Waals surface area contributed by atoms with Gasteiger partial charge >= 0.3 is 0 Å². The van der Waals surface area contributed by atoms with Crippen LogP contribution in [-0.4, -0.2) is 36.0 Å². The SMILES string of the molecule is CCC(C(=O)Nc1ncc(Cc2ccccc2OC)s1)c1ccccc1.COc1ccccc1Cc1cnc(NC(=O)C(c2ccccc2)C(C)C)s1. The lowest BCUT2D eigenvalue weighted by Gasteiger charge is -2.19. The summed E-state index contributed by atoms with van der Waals surface area (Å²) >= 11 is 3.00. The summed E-state index contributed by atoms with van der Waals surface area (Å²) in [5.41, 5.74) is 4.26. The van der Waals surface area contributed by atoms with E-state index in [0.29, 0.717) is 10.3 Å².